The second-order valence-electron chi connectivity index (χ2n) is 9.88. The van der Waals surface area contributed by atoms with E-state index in [1.807, 2.05) is 13.8 Å². The van der Waals surface area contributed by atoms with Gasteiger partial charge in [-0.15, -0.1) is 0 Å². The maximum atomic E-state index is 13.4. The predicted molar refractivity (Wildman–Crippen MR) is 128 cm³/mol. The number of hydrogen-bond acceptors (Lipinski definition) is 8. The van der Waals surface area contributed by atoms with Crippen LogP contribution in [0.15, 0.2) is 23.4 Å². The van der Waals surface area contributed by atoms with Crippen LogP contribution in [0.2, 0.25) is 0 Å². The average molecular weight is 508 g/mol. The average Bonchev–Trinajstić information content (AvgIpc) is 3.39. The monoisotopic (exact) mass is 507 g/mol. The summed E-state index contributed by atoms with van der Waals surface area (Å²) >= 11 is 0. The Hall–Kier alpha value is -2.25. The van der Waals surface area contributed by atoms with Crippen LogP contribution in [0.4, 0.5) is 5.69 Å². The second kappa shape index (κ2) is 9.32. The third-order valence-electron chi connectivity index (χ3n) is 6.94. The Morgan fingerprint density at radius 1 is 1.31 bits per heavy atom. The molecule has 1 N–H and O–H groups in total. The summed E-state index contributed by atoms with van der Waals surface area (Å²) in [4.78, 5) is 21.7. The van der Waals surface area contributed by atoms with Crippen molar-refractivity contribution in [3.8, 4) is 0 Å². The van der Waals surface area contributed by atoms with E-state index in [0.717, 1.165) is 12.8 Å². The van der Waals surface area contributed by atoms with Crippen molar-refractivity contribution in [3.63, 3.8) is 0 Å². The van der Waals surface area contributed by atoms with Crippen LogP contribution in [-0.2, 0) is 24.2 Å². The fraction of sp³-hybridized carbons (Fsp3) is 0.652. The summed E-state index contributed by atoms with van der Waals surface area (Å²) in [5.74, 6) is -0.0598. The number of carbonyl (C=O) groups excluding carboxylic acids is 1. The first-order valence-corrected chi connectivity index (χ1v) is 13.5. The predicted octanol–water partition coefficient (Wildman–Crippen LogP) is 0.878. The minimum atomic E-state index is -3.82. The maximum Gasteiger partial charge on any atom is 0.290 e. The van der Waals surface area contributed by atoms with E-state index in [1.165, 1.54) is 6.20 Å². The Balaban J connectivity index is 1.61. The van der Waals surface area contributed by atoms with Gasteiger partial charge < -0.3 is 24.0 Å². The fourth-order valence-electron chi connectivity index (χ4n) is 4.61. The first kappa shape index (κ1) is 24.4. The van der Waals surface area contributed by atoms with E-state index in [9.17, 15) is 13.2 Å². The quantitative estimate of drug-likeness (QED) is 0.587. The van der Waals surface area contributed by atoms with Crippen molar-refractivity contribution in [2.75, 3.05) is 58.1 Å². The zero-order valence-electron chi connectivity index (χ0n) is 20.4. The van der Waals surface area contributed by atoms with Gasteiger partial charge in [-0.25, -0.2) is 18.1 Å². The number of fused-ring (bicyclic) bond motifs is 1. The summed E-state index contributed by atoms with van der Waals surface area (Å²) in [6, 6.07) is 1.67. The van der Waals surface area contributed by atoms with Gasteiger partial charge in [0.25, 0.3) is 5.91 Å². The number of aromatic nitrogens is 2. The molecule has 11 nitrogen and oxygen atoms in total. The smallest absolute Gasteiger partial charge is 0.290 e. The van der Waals surface area contributed by atoms with Gasteiger partial charge in [0, 0.05) is 44.5 Å². The largest absolute Gasteiger partial charge is 0.382 e. The van der Waals surface area contributed by atoms with Crippen LogP contribution in [-0.4, -0.2) is 99.5 Å². The summed E-state index contributed by atoms with van der Waals surface area (Å²) in [6.45, 7) is 7.23. The minimum Gasteiger partial charge on any atom is -0.382 e. The number of sulfonamides is 1. The normalized spacial score (nSPS) is 24.7. The van der Waals surface area contributed by atoms with Crippen molar-refractivity contribution < 1.29 is 27.4 Å². The zero-order valence-corrected chi connectivity index (χ0v) is 21.2. The fourth-order valence-corrected chi connectivity index (χ4v) is 6.09. The lowest BCUT2D eigenvalue weighted by molar-refractivity contribution is -0.0221. The molecule has 2 atom stereocenters. The molecule has 1 amide bonds. The highest BCUT2D eigenvalue weighted by Crippen LogP contribution is 2.37. The minimum absolute atomic E-state index is 0.00735. The molecule has 5 rings (SSSR count). The third-order valence-corrected chi connectivity index (χ3v) is 8.55. The number of ether oxygens (including phenoxy) is 3. The summed E-state index contributed by atoms with van der Waals surface area (Å²) in [7, 11) is -2.19. The number of amides is 1. The molecular formula is C23H33N5O6S. The van der Waals surface area contributed by atoms with Crippen molar-refractivity contribution in [1.82, 2.24) is 19.0 Å². The van der Waals surface area contributed by atoms with Crippen LogP contribution in [0.1, 0.15) is 37.3 Å². The number of imidazole rings is 1. The van der Waals surface area contributed by atoms with Crippen LogP contribution >= 0.6 is 0 Å². The van der Waals surface area contributed by atoms with Crippen molar-refractivity contribution in [2.45, 2.75) is 49.3 Å². The number of pyridine rings is 1. The molecule has 2 aromatic heterocycles. The van der Waals surface area contributed by atoms with E-state index in [-0.39, 0.29) is 28.8 Å². The van der Waals surface area contributed by atoms with Crippen molar-refractivity contribution in [1.29, 1.82) is 0 Å². The molecule has 2 aromatic rings. The van der Waals surface area contributed by atoms with Gasteiger partial charge in [0.2, 0.25) is 15.8 Å². The van der Waals surface area contributed by atoms with Crippen LogP contribution in [0.25, 0.3) is 5.52 Å². The van der Waals surface area contributed by atoms with Crippen LogP contribution in [0.3, 0.4) is 0 Å². The van der Waals surface area contributed by atoms with E-state index in [0.29, 0.717) is 57.3 Å². The number of nitrogens with one attached hydrogen (secondary N) is 1. The Bertz CT molecular complexity index is 1200. The first-order valence-electron chi connectivity index (χ1n) is 12.0. The molecule has 2 saturated heterocycles. The Labute approximate surface area is 205 Å². The third kappa shape index (κ3) is 4.90. The number of rotatable bonds is 7. The molecule has 3 fully saturated rings. The molecule has 0 spiro atoms. The van der Waals surface area contributed by atoms with Gasteiger partial charge in [-0.3, -0.25) is 9.20 Å². The Morgan fingerprint density at radius 2 is 2.06 bits per heavy atom. The highest BCUT2D eigenvalue weighted by molar-refractivity contribution is 7.89. The van der Waals surface area contributed by atoms with E-state index < -0.39 is 15.6 Å². The summed E-state index contributed by atoms with van der Waals surface area (Å²) in [5.41, 5.74) is 0.938. The van der Waals surface area contributed by atoms with E-state index in [2.05, 4.69) is 14.6 Å². The molecule has 1 aliphatic carbocycles. The molecule has 0 unspecified atom stereocenters. The number of anilines is 1. The molecule has 4 heterocycles. The molecule has 0 bridgehead atoms. The van der Waals surface area contributed by atoms with E-state index in [4.69, 9.17) is 14.2 Å². The summed E-state index contributed by atoms with van der Waals surface area (Å²) < 4.78 is 47.8. The number of hydrogen-bond donors (Lipinski definition) is 1. The van der Waals surface area contributed by atoms with Crippen molar-refractivity contribution in [3.05, 3.63) is 24.3 Å². The SMILES string of the molecule is COC[C@@H]1CN(c2cc(S(=O)(=O)NC3(C)CC3)cn3c(C(=O)N4CCOCC4)ncc23)[C@@H](C)CO1. The standard InChI is InChI=1S/C23H33N5O6S/c1-16-14-34-17(15-32-3)12-27(16)19-10-18(35(30,31)25-23(2)4-5-23)13-28-20(19)11-24-21(28)22(29)26-6-8-33-9-7-26/h10-11,13,16-17,25H,4-9,12,14-15H2,1-3H3/t16-,17-/m0/s1. The number of nitrogens with zero attached hydrogens (tertiary/aromatic N) is 4. The highest BCUT2D eigenvalue weighted by Gasteiger charge is 2.42. The summed E-state index contributed by atoms with van der Waals surface area (Å²) in [5, 5.41) is 0. The van der Waals surface area contributed by atoms with Crippen LogP contribution in [0.5, 0.6) is 0 Å². The Morgan fingerprint density at radius 3 is 2.74 bits per heavy atom. The van der Waals surface area contributed by atoms with Crippen LogP contribution in [0, 0.1) is 0 Å². The lowest BCUT2D eigenvalue weighted by Crippen LogP contribution is -2.50. The first-order chi connectivity index (χ1) is 16.7. The number of methoxy groups -OCH3 is 1. The van der Waals surface area contributed by atoms with E-state index >= 15 is 0 Å². The van der Waals surface area contributed by atoms with Crippen molar-refractivity contribution in [2.24, 2.45) is 0 Å². The molecule has 1 saturated carbocycles. The number of morpholine rings is 2. The molecular weight excluding hydrogens is 474 g/mol. The highest BCUT2D eigenvalue weighted by atomic mass is 32.2. The molecule has 0 aromatic carbocycles. The van der Waals surface area contributed by atoms with Gasteiger partial charge in [0.05, 0.1) is 49.9 Å². The van der Waals surface area contributed by atoms with Crippen molar-refractivity contribution >= 4 is 27.1 Å². The van der Waals surface area contributed by atoms with Gasteiger partial charge >= 0.3 is 0 Å². The lowest BCUT2D eigenvalue weighted by atomic mass is 10.1. The summed E-state index contributed by atoms with van der Waals surface area (Å²) in [6.07, 6.45) is 4.59. The van der Waals surface area contributed by atoms with Gasteiger partial charge in [-0.2, -0.15) is 0 Å². The topological polar surface area (TPSA) is 115 Å². The molecule has 0 radical (unpaired) electrons. The molecule has 2 aliphatic heterocycles. The molecule has 192 valence electrons. The van der Waals surface area contributed by atoms with Gasteiger partial charge in [-0.05, 0) is 32.8 Å². The lowest BCUT2D eigenvalue weighted by Gasteiger charge is -2.39. The van der Waals surface area contributed by atoms with Crippen LogP contribution < -0.4 is 9.62 Å². The van der Waals surface area contributed by atoms with Gasteiger partial charge in [0.1, 0.15) is 4.90 Å². The van der Waals surface area contributed by atoms with Gasteiger partial charge in [-0.1, -0.05) is 0 Å². The molecule has 35 heavy (non-hydrogen) atoms. The zero-order chi connectivity index (χ0) is 24.8. The molecule has 12 heteroatoms. The second-order valence-corrected chi connectivity index (χ2v) is 11.6. The number of carbonyl (C=O) groups is 1. The Kier molecular flexibility index (Phi) is 6.51. The molecule has 3 aliphatic rings. The maximum absolute atomic E-state index is 13.4. The van der Waals surface area contributed by atoms with E-state index in [1.54, 1.807) is 28.7 Å². The van der Waals surface area contributed by atoms with Gasteiger partial charge in [0.15, 0.2) is 0 Å².